The van der Waals surface area contributed by atoms with E-state index in [1.807, 2.05) is 33.8 Å². The van der Waals surface area contributed by atoms with Gasteiger partial charge in [0.1, 0.15) is 0 Å². The van der Waals surface area contributed by atoms with Crippen LogP contribution in [0.2, 0.25) is 0 Å². The van der Waals surface area contributed by atoms with Crippen molar-refractivity contribution in [3.8, 4) is 11.5 Å². The molecule has 1 aromatic heterocycles. The summed E-state index contributed by atoms with van der Waals surface area (Å²) >= 11 is 0. The molecule has 1 atom stereocenters. The fourth-order valence-corrected chi connectivity index (χ4v) is 3.83. The summed E-state index contributed by atoms with van der Waals surface area (Å²) in [5.41, 5.74) is 2.75. The van der Waals surface area contributed by atoms with Gasteiger partial charge in [-0.15, -0.1) is 0 Å². The minimum Gasteiger partial charge on any atom is -0.490 e. The van der Waals surface area contributed by atoms with Crippen LogP contribution in [-0.4, -0.2) is 48.9 Å². The fourth-order valence-electron chi connectivity index (χ4n) is 3.83. The number of aromatic nitrogens is 1. The summed E-state index contributed by atoms with van der Waals surface area (Å²) in [7, 11) is 0. The third kappa shape index (κ3) is 5.47. The van der Waals surface area contributed by atoms with Crippen LogP contribution in [0.25, 0.3) is 0 Å². The summed E-state index contributed by atoms with van der Waals surface area (Å²) in [5.74, 6) is 0.236. The first kappa shape index (κ1) is 22.9. The number of aryl methyl sites for hydroxylation is 1. The van der Waals surface area contributed by atoms with E-state index in [0.29, 0.717) is 35.8 Å². The molecule has 0 spiro atoms. The largest absolute Gasteiger partial charge is 0.490 e. The molecule has 1 aliphatic rings. The number of nitrogens with zero attached hydrogens (tertiary/aromatic N) is 1. The zero-order valence-corrected chi connectivity index (χ0v) is 18.7. The van der Waals surface area contributed by atoms with Gasteiger partial charge in [0.05, 0.1) is 24.9 Å². The number of ketones is 1. The van der Waals surface area contributed by atoms with Gasteiger partial charge in [-0.25, -0.2) is 4.79 Å². The van der Waals surface area contributed by atoms with E-state index in [9.17, 15) is 9.59 Å². The molecule has 0 bridgehead atoms. The zero-order valence-electron chi connectivity index (χ0n) is 18.7. The molecule has 0 saturated carbocycles. The second kappa shape index (κ2) is 10.5. The van der Waals surface area contributed by atoms with Crippen molar-refractivity contribution < 1.29 is 28.5 Å². The second-order valence-corrected chi connectivity index (χ2v) is 7.56. The van der Waals surface area contributed by atoms with E-state index in [-0.39, 0.29) is 18.5 Å². The van der Waals surface area contributed by atoms with Crippen LogP contribution in [0.4, 0.5) is 0 Å². The Hall–Kier alpha value is -2.80. The predicted octanol–water partition coefficient (Wildman–Crippen LogP) is 4.12. The molecule has 1 aliphatic heterocycles. The summed E-state index contributed by atoms with van der Waals surface area (Å²) in [5, 5.41) is 0. The van der Waals surface area contributed by atoms with Crippen LogP contribution in [0.15, 0.2) is 24.3 Å². The molecule has 1 aromatic carbocycles. The molecule has 2 heterocycles. The Bertz CT molecular complexity index is 926. The highest BCUT2D eigenvalue weighted by Crippen LogP contribution is 2.29. The van der Waals surface area contributed by atoms with Crippen molar-refractivity contribution in [2.75, 3.05) is 26.4 Å². The number of ether oxygens (including phenoxy) is 4. The van der Waals surface area contributed by atoms with Crippen LogP contribution < -0.4 is 9.47 Å². The van der Waals surface area contributed by atoms with Crippen LogP contribution in [0.5, 0.6) is 11.5 Å². The lowest BCUT2D eigenvalue weighted by atomic mass is 10.1. The minimum atomic E-state index is -0.578. The molecule has 0 N–H and O–H groups in total. The molecule has 7 nitrogen and oxygen atoms in total. The zero-order chi connectivity index (χ0) is 22.4. The Morgan fingerprint density at radius 3 is 2.52 bits per heavy atom. The maximum atomic E-state index is 12.7. The maximum Gasteiger partial charge on any atom is 0.338 e. The van der Waals surface area contributed by atoms with Gasteiger partial charge in [0.25, 0.3) is 0 Å². The Balaban J connectivity index is 1.65. The summed E-state index contributed by atoms with van der Waals surface area (Å²) in [6.07, 6.45) is 2.29. The standard InChI is InChI=1S/C24H31NO6/c1-5-28-22-10-9-18(13-23(22)29-6-2)24(27)31-15-21(26)20-12-16(3)25(17(20)4)14-19-8-7-11-30-19/h9-10,12-13,19H,5-8,11,14-15H2,1-4H3/t19-/m0/s1. The number of hydrogen-bond acceptors (Lipinski definition) is 6. The summed E-state index contributed by atoms with van der Waals surface area (Å²) in [6, 6.07) is 6.71. The van der Waals surface area contributed by atoms with E-state index in [2.05, 4.69) is 4.57 Å². The lowest BCUT2D eigenvalue weighted by molar-refractivity contribution is 0.0474. The van der Waals surface area contributed by atoms with Gasteiger partial charge in [0.15, 0.2) is 18.1 Å². The molecule has 2 aromatic rings. The number of carbonyl (C=O) groups excluding carboxylic acids is 2. The van der Waals surface area contributed by atoms with E-state index >= 15 is 0 Å². The number of hydrogen-bond donors (Lipinski definition) is 0. The predicted molar refractivity (Wildman–Crippen MR) is 116 cm³/mol. The van der Waals surface area contributed by atoms with Gasteiger partial charge in [-0.3, -0.25) is 4.79 Å². The first-order valence-corrected chi connectivity index (χ1v) is 10.8. The summed E-state index contributed by atoms with van der Waals surface area (Å²) in [6.45, 7) is 9.76. The Kier molecular flexibility index (Phi) is 7.74. The average molecular weight is 430 g/mol. The van der Waals surface area contributed by atoms with E-state index in [4.69, 9.17) is 18.9 Å². The van der Waals surface area contributed by atoms with Gasteiger partial charge in [-0.2, -0.15) is 0 Å². The van der Waals surface area contributed by atoms with Crippen molar-refractivity contribution in [2.45, 2.75) is 53.2 Å². The molecule has 1 saturated heterocycles. The van der Waals surface area contributed by atoms with Gasteiger partial charge in [0.2, 0.25) is 5.78 Å². The summed E-state index contributed by atoms with van der Waals surface area (Å²) in [4.78, 5) is 25.2. The highest BCUT2D eigenvalue weighted by molar-refractivity contribution is 6.00. The molecule has 7 heteroatoms. The topological polar surface area (TPSA) is 76.0 Å². The third-order valence-electron chi connectivity index (χ3n) is 5.40. The molecule has 31 heavy (non-hydrogen) atoms. The van der Waals surface area contributed by atoms with Crippen molar-refractivity contribution in [3.63, 3.8) is 0 Å². The van der Waals surface area contributed by atoms with Crippen LogP contribution >= 0.6 is 0 Å². The number of rotatable bonds is 10. The average Bonchev–Trinajstić information content (AvgIpc) is 3.37. The molecular formula is C24H31NO6. The first-order valence-electron chi connectivity index (χ1n) is 10.8. The molecule has 0 unspecified atom stereocenters. The van der Waals surface area contributed by atoms with Crippen molar-refractivity contribution in [1.82, 2.24) is 4.57 Å². The maximum absolute atomic E-state index is 12.7. The van der Waals surface area contributed by atoms with Crippen molar-refractivity contribution in [2.24, 2.45) is 0 Å². The van der Waals surface area contributed by atoms with Crippen molar-refractivity contribution in [3.05, 3.63) is 46.8 Å². The number of benzene rings is 1. The van der Waals surface area contributed by atoms with E-state index in [1.54, 1.807) is 18.2 Å². The smallest absolute Gasteiger partial charge is 0.338 e. The monoisotopic (exact) mass is 429 g/mol. The lowest BCUT2D eigenvalue weighted by Gasteiger charge is -2.15. The SMILES string of the molecule is CCOc1ccc(C(=O)OCC(=O)c2cc(C)n(C[C@@H]3CCCO3)c2C)cc1OCC. The highest BCUT2D eigenvalue weighted by atomic mass is 16.5. The minimum absolute atomic E-state index is 0.185. The molecule has 0 aliphatic carbocycles. The highest BCUT2D eigenvalue weighted by Gasteiger charge is 2.22. The number of esters is 1. The number of Topliss-reactive ketones (excluding diaryl/α,β-unsaturated/α-hetero) is 1. The normalized spacial score (nSPS) is 15.7. The van der Waals surface area contributed by atoms with Gasteiger partial charge in [-0.1, -0.05) is 0 Å². The Morgan fingerprint density at radius 2 is 1.84 bits per heavy atom. The fraction of sp³-hybridized carbons (Fsp3) is 0.500. The lowest BCUT2D eigenvalue weighted by Crippen LogP contribution is -2.18. The van der Waals surface area contributed by atoms with Gasteiger partial charge >= 0.3 is 5.97 Å². The first-order chi connectivity index (χ1) is 14.9. The Labute approximate surface area is 183 Å². The quantitative estimate of drug-likeness (QED) is 0.418. The van der Waals surface area contributed by atoms with Crippen molar-refractivity contribution >= 4 is 11.8 Å². The summed E-state index contributed by atoms with van der Waals surface area (Å²) < 4.78 is 24.2. The van der Waals surface area contributed by atoms with E-state index in [0.717, 1.165) is 37.4 Å². The molecule has 168 valence electrons. The molecular weight excluding hydrogens is 398 g/mol. The van der Waals surface area contributed by atoms with E-state index < -0.39 is 5.97 Å². The van der Waals surface area contributed by atoms with Crippen LogP contribution in [0.1, 0.15) is 58.8 Å². The number of carbonyl (C=O) groups is 2. The van der Waals surface area contributed by atoms with E-state index in [1.165, 1.54) is 0 Å². The van der Waals surface area contributed by atoms with Crippen LogP contribution in [0.3, 0.4) is 0 Å². The molecule has 0 amide bonds. The second-order valence-electron chi connectivity index (χ2n) is 7.56. The van der Waals surface area contributed by atoms with Crippen LogP contribution in [0, 0.1) is 13.8 Å². The van der Waals surface area contributed by atoms with Crippen molar-refractivity contribution in [1.29, 1.82) is 0 Å². The van der Waals surface area contributed by atoms with Gasteiger partial charge < -0.3 is 23.5 Å². The Morgan fingerprint density at radius 1 is 1.10 bits per heavy atom. The van der Waals surface area contributed by atoms with Gasteiger partial charge in [0, 0.05) is 30.1 Å². The molecule has 1 fully saturated rings. The molecule has 3 rings (SSSR count). The van der Waals surface area contributed by atoms with Gasteiger partial charge in [-0.05, 0) is 64.8 Å². The van der Waals surface area contributed by atoms with Crippen LogP contribution in [-0.2, 0) is 16.0 Å². The molecule has 0 radical (unpaired) electrons. The third-order valence-corrected chi connectivity index (χ3v) is 5.40.